The molecule has 9 heteroatoms. The van der Waals surface area contributed by atoms with Gasteiger partial charge in [0, 0.05) is 31.7 Å². The zero-order valence-corrected chi connectivity index (χ0v) is 20.3. The van der Waals surface area contributed by atoms with E-state index in [9.17, 15) is 0 Å². The molecular formula is C21H23Cl5N2O2. The summed E-state index contributed by atoms with van der Waals surface area (Å²) in [5.41, 5.74) is 2.10. The highest BCUT2D eigenvalue weighted by molar-refractivity contribution is 6.55. The first-order valence-electron chi connectivity index (χ1n) is 9.65. The maximum atomic E-state index is 6.26. The topological polar surface area (TPSA) is 33.7 Å². The molecule has 3 rings (SSSR count). The lowest BCUT2D eigenvalue weighted by molar-refractivity contribution is 0.238. The highest BCUT2D eigenvalue weighted by Crippen LogP contribution is 2.48. The van der Waals surface area contributed by atoms with Crippen molar-refractivity contribution in [2.45, 2.75) is 19.4 Å². The molecule has 0 aliphatic carbocycles. The minimum Gasteiger partial charge on any atom is -0.496 e. The van der Waals surface area contributed by atoms with Crippen molar-refractivity contribution in [3.05, 3.63) is 54.4 Å². The van der Waals surface area contributed by atoms with Gasteiger partial charge < -0.3 is 19.7 Å². The number of hydrogen-bond donors (Lipinski definition) is 1. The van der Waals surface area contributed by atoms with Crippen molar-refractivity contribution in [1.82, 2.24) is 10.2 Å². The molecule has 0 saturated carbocycles. The lowest BCUT2D eigenvalue weighted by atomic mass is 10.1. The summed E-state index contributed by atoms with van der Waals surface area (Å²) in [4.78, 5) is 2.49. The van der Waals surface area contributed by atoms with Crippen LogP contribution in [-0.2, 0) is 13.0 Å². The number of piperazine rings is 1. The quantitative estimate of drug-likeness (QED) is 0.329. The maximum Gasteiger partial charge on any atom is 0.160 e. The Morgan fingerprint density at radius 3 is 2.20 bits per heavy atom. The molecule has 4 nitrogen and oxygen atoms in total. The second-order valence-corrected chi connectivity index (χ2v) is 8.92. The normalized spacial score (nSPS) is 14.7. The lowest BCUT2D eigenvalue weighted by Crippen LogP contribution is -2.43. The van der Waals surface area contributed by atoms with Crippen molar-refractivity contribution in [3.63, 3.8) is 0 Å². The van der Waals surface area contributed by atoms with E-state index in [1.54, 1.807) is 7.11 Å². The zero-order valence-electron chi connectivity index (χ0n) is 16.5. The van der Waals surface area contributed by atoms with Gasteiger partial charge in [0.15, 0.2) is 5.75 Å². The Hall–Kier alpha value is -0.590. The fraction of sp³-hybridized carbons (Fsp3) is 0.429. The second kappa shape index (κ2) is 11.3. The van der Waals surface area contributed by atoms with Crippen LogP contribution in [0.25, 0.3) is 0 Å². The number of hydrogen-bond acceptors (Lipinski definition) is 4. The smallest absolute Gasteiger partial charge is 0.160 e. The van der Waals surface area contributed by atoms with E-state index in [0.29, 0.717) is 0 Å². The van der Waals surface area contributed by atoms with Gasteiger partial charge in [0.1, 0.15) is 22.4 Å². The van der Waals surface area contributed by atoms with Crippen LogP contribution in [0.5, 0.6) is 11.5 Å². The number of benzene rings is 2. The van der Waals surface area contributed by atoms with Crippen molar-refractivity contribution < 1.29 is 9.47 Å². The molecule has 0 amide bonds. The van der Waals surface area contributed by atoms with Gasteiger partial charge in [-0.25, -0.2) is 0 Å². The fourth-order valence-corrected chi connectivity index (χ4v) is 4.63. The first kappa shape index (κ1) is 24.1. The standard InChI is InChI=1S/C21H23Cl5N2O2/c1-29-15-5-4-13(3-2-8-28-9-6-27-7-10-28)11-14(15)12-30-21-19(25)17(23)16(22)18(24)20(21)26/h4-5,11,27H,2-3,6-10,12H2,1H3. The van der Waals surface area contributed by atoms with Crippen LogP contribution in [0.4, 0.5) is 0 Å². The monoisotopic (exact) mass is 510 g/mol. The van der Waals surface area contributed by atoms with Gasteiger partial charge in [-0.15, -0.1) is 0 Å². The van der Waals surface area contributed by atoms with Gasteiger partial charge in [-0.1, -0.05) is 64.1 Å². The van der Waals surface area contributed by atoms with Crippen LogP contribution in [0.3, 0.4) is 0 Å². The Bertz CT molecular complexity index is 859. The summed E-state index contributed by atoms with van der Waals surface area (Å²) >= 11 is 30.8. The van der Waals surface area contributed by atoms with E-state index in [1.807, 2.05) is 6.07 Å². The number of methoxy groups -OCH3 is 1. The van der Waals surface area contributed by atoms with Gasteiger partial charge in [-0.2, -0.15) is 0 Å². The summed E-state index contributed by atoms with van der Waals surface area (Å²) in [6.07, 6.45) is 2.06. The fourth-order valence-electron chi connectivity index (χ4n) is 3.40. The summed E-state index contributed by atoms with van der Waals surface area (Å²) in [5.74, 6) is 0.920. The first-order chi connectivity index (χ1) is 14.4. The molecule has 2 aromatic carbocycles. The predicted octanol–water partition coefficient (Wildman–Crippen LogP) is 6.38. The second-order valence-electron chi connectivity index (χ2n) is 7.03. The van der Waals surface area contributed by atoms with E-state index >= 15 is 0 Å². The summed E-state index contributed by atoms with van der Waals surface area (Å²) in [7, 11) is 1.62. The van der Waals surface area contributed by atoms with Gasteiger partial charge in [0.2, 0.25) is 0 Å². The van der Waals surface area contributed by atoms with Crippen LogP contribution < -0.4 is 14.8 Å². The molecule has 1 saturated heterocycles. The summed E-state index contributed by atoms with van der Waals surface area (Å²) in [5, 5.41) is 3.95. The summed E-state index contributed by atoms with van der Waals surface area (Å²) in [6, 6.07) is 6.11. The number of ether oxygens (including phenoxy) is 2. The molecule has 0 spiro atoms. The van der Waals surface area contributed by atoms with E-state index in [-0.39, 0.29) is 37.5 Å². The van der Waals surface area contributed by atoms with Crippen molar-refractivity contribution in [2.24, 2.45) is 0 Å². The third kappa shape index (κ3) is 5.80. The first-order valence-corrected chi connectivity index (χ1v) is 11.5. The van der Waals surface area contributed by atoms with E-state index in [0.717, 1.165) is 56.9 Å². The number of rotatable bonds is 8. The largest absolute Gasteiger partial charge is 0.496 e. The molecule has 1 heterocycles. The van der Waals surface area contributed by atoms with E-state index in [1.165, 1.54) is 5.56 Å². The predicted molar refractivity (Wildman–Crippen MR) is 126 cm³/mol. The molecular weight excluding hydrogens is 490 g/mol. The summed E-state index contributed by atoms with van der Waals surface area (Å²) < 4.78 is 11.4. The van der Waals surface area contributed by atoms with E-state index < -0.39 is 0 Å². The van der Waals surface area contributed by atoms with E-state index in [4.69, 9.17) is 67.5 Å². The molecule has 164 valence electrons. The third-order valence-electron chi connectivity index (χ3n) is 5.04. The molecule has 2 aromatic rings. The lowest BCUT2D eigenvalue weighted by Gasteiger charge is -2.27. The van der Waals surface area contributed by atoms with Crippen molar-refractivity contribution >= 4 is 58.0 Å². The Balaban J connectivity index is 1.69. The molecule has 1 fully saturated rings. The van der Waals surface area contributed by atoms with Gasteiger partial charge >= 0.3 is 0 Å². The molecule has 1 aliphatic rings. The molecule has 1 aliphatic heterocycles. The van der Waals surface area contributed by atoms with Gasteiger partial charge in [-0.05, 0) is 37.1 Å². The van der Waals surface area contributed by atoms with Gasteiger partial charge in [-0.3, -0.25) is 0 Å². The highest BCUT2D eigenvalue weighted by atomic mass is 35.5. The minimum atomic E-state index is 0.102. The SMILES string of the molecule is COc1ccc(CCCN2CCNCC2)cc1COc1c(Cl)c(Cl)c(Cl)c(Cl)c1Cl. The number of nitrogens with one attached hydrogen (secondary N) is 1. The van der Waals surface area contributed by atoms with Crippen molar-refractivity contribution in [2.75, 3.05) is 39.8 Å². The molecule has 0 bridgehead atoms. The number of aryl methyl sites for hydroxylation is 1. The molecule has 0 radical (unpaired) electrons. The average Bonchev–Trinajstić information content (AvgIpc) is 2.77. The van der Waals surface area contributed by atoms with Crippen LogP contribution in [0.1, 0.15) is 17.5 Å². The average molecular weight is 513 g/mol. The minimum absolute atomic E-state index is 0.102. The van der Waals surface area contributed by atoms with Crippen LogP contribution >= 0.6 is 58.0 Å². The van der Waals surface area contributed by atoms with Crippen LogP contribution in [0.15, 0.2) is 18.2 Å². The van der Waals surface area contributed by atoms with E-state index in [2.05, 4.69) is 22.3 Å². The Labute approximate surface area is 202 Å². The number of nitrogens with zero attached hydrogens (tertiary/aromatic N) is 1. The van der Waals surface area contributed by atoms with Crippen LogP contribution in [0, 0.1) is 0 Å². The molecule has 0 aromatic heterocycles. The molecule has 30 heavy (non-hydrogen) atoms. The van der Waals surface area contributed by atoms with Crippen LogP contribution in [0.2, 0.25) is 25.1 Å². The number of halogens is 5. The molecule has 1 N–H and O–H groups in total. The Kier molecular flexibility index (Phi) is 9.08. The van der Waals surface area contributed by atoms with Crippen molar-refractivity contribution in [1.29, 1.82) is 0 Å². The van der Waals surface area contributed by atoms with Gasteiger partial charge in [0.25, 0.3) is 0 Å². The molecule has 0 atom stereocenters. The Morgan fingerprint density at radius 1 is 0.933 bits per heavy atom. The van der Waals surface area contributed by atoms with Crippen LogP contribution in [-0.4, -0.2) is 44.7 Å². The Morgan fingerprint density at radius 2 is 1.57 bits per heavy atom. The van der Waals surface area contributed by atoms with Crippen molar-refractivity contribution in [3.8, 4) is 11.5 Å². The third-order valence-corrected chi connectivity index (χ3v) is 7.28. The highest BCUT2D eigenvalue weighted by Gasteiger charge is 2.21. The van der Waals surface area contributed by atoms with Gasteiger partial charge in [0.05, 0.1) is 22.2 Å². The zero-order chi connectivity index (χ0) is 21.7. The molecule has 0 unspecified atom stereocenters. The maximum absolute atomic E-state index is 6.26. The summed E-state index contributed by atoms with van der Waals surface area (Å²) in [6.45, 7) is 5.63.